The van der Waals surface area contributed by atoms with Crippen LogP contribution in [0.5, 0.6) is 0 Å². The van der Waals surface area contributed by atoms with E-state index in [4.69, 9.17) is 0 Å². The highest BCUT2D eigenvalue weighted by molar-refractivity contribution is 6.13. The molecule has 0 saturated carbocycles. The molecule has 0 bridgehead atoms. The highest BCUT2D eigenvalue weighted by Crippen LogP contribution is 2.20. The quantitative estimate of drug-likeness (QED) is 0.801. The molecule has 1 aliphatic heterocycles. The summed E-state index contributed by atoms with van der Waals surface area (Å²) in [5, 5.41) is 18.1. The fourth-order valence-electron chi connectivity index (χ4n) is 3.07. The molecule has 7 nitrogen and oxygen atoms in total. The summed E-state index contributed by atoms with van der Waals surface area (Å²) in [5.41, 5.74) is 2.18. The minimum atomic E-state index is -0.167. The molecule has 7 heteroatoms. The molecule has 0 fully saturated rings. The van der Waals surface area contributed by atoms with Gasteiger partial charge in [-0.15, -0.1) is 0 Å². The summed E-state index contributed by atoms with van der Waals surface area (Å²) in [7, 11) is 3.56. The topological polar surface area (TPSA) is 82.7 Å². The van der Waals surface area contributed by atoms with Crippen LogP contribution in [-0.2, 0) is 11.8 Å². The second kappa shape index (κ2) is 7.29. The number of carbonyl (C=O) groups excluding carboxylic acids is 1. The van der Waals surface area contributed by atoms with E-state index in [9.17, 15) is 9.90 Å². The third-order valence-corrected chi connectivity index (χ3v) is 4.32. The Balaban J connectivity index is 1.84. The molecule has 2 aromatic rings. The van der Waals surface area contributed by atoms with Gasteiger partial charge in [0, 0.05) is 25.7 Å². The lowest BCUT2D eigenvalue weighted by Crippen LogP contribution is -2.45. The number of carbonyl (C=O) groups is 1. The third kappa shape index (κ3) is 3.77. The van der Waals surface area contributed by atoms with Crippen LogP contribution in [0.4, 0.5) is 0 Å². The van der Waals surface area contributed by atoms with Crippen molar-refractivity contribution in [2.24, 2.45) is 18.0 Å². The van der Waals surface area contributed by atoms with Crippen molar-refractivity contribution in [3.05, 3.63) is 35.7 Å². The molecule has 138 valence electrons. The van der Waals surface area contributed by atoms with Crippen LogP contribution in [0.25, 0.3) is 17.0 Å². The van der Waals surface area contributed by atoms with Crippen LogP contribution in [-0.4, -0.2) is 51.4 Å². The molecular weight excluding hydrogens is 330 g/mol. The SMILES string of the molecule is CC(C)CC(CO)NC1=N/C(=C\c2ccc3nn(C)cc3c2)C(=O)N1C. The van der Waals surface area contributed by atoms with Gasteiger partial charge in [0.15, 0.2) is 0 Å². The van der Waals surface area contributed by atoms with E-state index in [2.05, 4.69) is 29.3 Å². The normalized spacial score (nSPS) is 17.5. The Morgan fingerprint density at radius 1 is 1.31 bits per heavy atom. The Morgan fingerprint density at radius 2 is 2.08 bits per heavy atom. The van der Waals surface area contributed by atoms with Gasteiger partial charge in [0.2, 0.25) is 5.96 Å². The molecule has 0 aliphatic carbocycles. The van der Waals surface area contributed by atoms with Gasteiger partial charge in [0.05, 0.1) is 18.2 Å². The number of nitrogens with zero attached hydrogens (tertiary/aromatic N) is 4. The largest absolute Gasteiger partial charge is 0.394 e. The molecule has 1 unspecified atom stereocenters. The molecule has 2 heterocycles. The lowest BCUT2D eigenvalue weighted by Gasteiger charge is -2.21. The van der Waals surface area contributed by atoms with E-state index in [-0.39, 0.29) is 18.6 Å². The average molecular weight is 355 g/mol. The molecule has 2 N–H and O–H groups in total. The number of aryl methyl sites for hydroxylation is 1. The molecule has 1 aliphatic rings. The Bertz CT molecular complexity index is 881. The van der Waals surface area contributed by atoms with Gasteiger partial charge in [-0.3, -0.25) is 14.4 Å². The van der Waals surface area contributed by atoms with E-state index >= 15 is 0 Å². The van der Waals surface area contributed by atoms with Crippen molar-refractivity contribution in [1.29, 1.82) is 0 Å². The summed E-state index contributed by atoms with van der Waals surface area (Å²) in [6.45, 7) is 4.18. The standard InChI is InChI=1S/C19H25N5O2/c1-12(2)7-15(11-25)20-19-21-17(18(26)24(19)4)9-13-5-6-16-14(8-13)10-23(3)22-16/h5-6,8-10,12,15,25H,7,11H2,1-4H3,(H,20,21)/b17-9-. The Labute approximate surface area is 153 Å². The number of guanidine groups is 1. The van der Waals surface area contributed by atoms with E-state index in [1.54, 1.807) is 17.8 Å². The van der Waals surface area contributed by atoms with E-state index in [0.717, 1.165) is 22.9 Å². The molecule has 1 amide bonds. The van der Waals surface area contributed by atoms with Crippen molar-refractivity contribution in [3.8, 4) is 0 Å². The fraction of sp³-hybridized carbons (Fsp3) is 0.421. The van der Waals surface area contributed by atoms with Crippen molar-refractivity contribution < 1.29 is 9.90 Å². The second-order valence-electron chi connectivity index (χ2n) is 7.10. The smallest absolute Gasteiger partial charge is 0.279 e. The molecule has 0 saturated heterocycles. The number of amides is 1. The maximum atomic E-state index is 12.5. The molecule has 1 aromatic carbocycles. The second-order valence-corrected chi connectivity index (χ2v) is 7.10. The minimum Gasteiger partial charge on any atom is -0.394 e. The maximum absolute atomic E-state index is 12.5. The van der Waals surface area contributed by atoms with E-state index in [1.807, 2.05) is 31.4 Å². The summed E-state index contributed by atoms with van der Waals surface area (Å²) in [4.78, 5) is 18.4. The van der Waals surface area contributed by atoms with Crippen molar-refractivity contribution >= 4 is 28.8 Å². The van der Waals surface area contributed by atoms with Crippen LogP contribution in [0, 0.1) is 5.92 Å². The lowest BCUT2D eigenvalue weighted by molar-refractivity contribution is -0.121. The van der Waals surface area contributed by atoms with Crippen molar-refractivity contribution in [2.75, 3.05) is 13.7 Å². The zero-order valence-electron chi connectivity index (χ0n) is 15.6. The van der Waals surface area contributed by atoms with Gasteiger partial charge >= 0.3 is 0 Å². The van der Waals surface area contributed by atoms with Gasteiger partial charge < -0.3 is 10.4 Å². The molecule has 0 spiro atoms. The number of rotatable bonds is 5. The molecule has 3 rings (SSSR count). The molecule has 26 heavy (non-hydrogen) atoms. The zero-order chi connectivity index (χ0) is 18.8. The zero-order valence-corrected chi connectivity index (χ0v) is 15.6. The first-order chi connectivity index (χ1) is 12.4. The predicted octanol–water partition coefficient (Wildman–Crippen LogP) is 1.74. The van der Waals surface area contributed by atoms with Gasteiger partial charge in [-0.1, -0.05) is 19.9 Å². The minimum absolute atomic E-state index is 0.00402. The number of aromatic nitrogens is 2. The molecule has 0 radical (unpaired) electrons. The Hall–Kier alpha value is -2.67. The lowest BCUT2D eigenvalue weighted by atomic mass is 10.0. The number of hydrogen-bond donors (Lipinski definition) is 2. The molecule has 1 aromatic heterocycles. The van der Waals surface area contributed by atoms with Gasteiger partial charge in [-0.2, -0.15) is 5.10 Å². The van der Waals surface area contributed by atoms with Crippen molar-refractivity contribution in [1.82, 2.24) is 20.0 Å². The monoisotopic (exact) mass is 355 g/mol. The number of benzene rings is 1. The van der Waals surface area contributed by atoms with Crippen LogP contribution >= 0.6 is 0 Å². The summed E-state index contributed by atoms with van der Waals surface area (Å²) in [6.07, 6.45) is 4.51. The van der Waals surface area contributed by atoms with Crippen LogP contribution in [0.2, 0.25) is 0 Å². The van der Waals surface area contributed by atoms with Gasteiger partial charge in [0.25, 0.3) is 5.91 Å². The van der Waals surface area contributed by atoms with E-state index in [0.29, 0.717) is 17.6 Å². The molecule has 1 atom stereocenters. The summed E-state index contributed by atoms with van der Waals surface area (Å²) < 4.78 is 1.76. The van der Waals surface area contributed by atoms with Gasteiger partial charge in [-0.05, 0) is 36.1 Å². The first-order valence-electron chi connectivity index (χ1n) is 8.76. The summed E-state index contributed by atoms with van der Waals surface area (Å²) >= 11 is 0. The molecular formula is C19H25N5O2. The highest BCUT2D eigenvalue weighted by Gasteiger charge is 2.28. The van der Waals surface area contributed by atoms with Crippen LogP contribution < -0.4 is 5.32 Å². The van der Waals surface area contributed by atoms with Crippen LogP contribution in [0.15, 0.2) is 35.1 Å². The maximum Gasteiger partial charge on any atom is 0.279 e. The number of aliphatic hydroxyl groups is 1. The van der Waals surface area contributed by atoms with E-state index < -0.39 is 0 Å². The van der Waals surface area contributed by atoms with Crippen molar-refractivity contribution in [2.45, 2.75) is 26.3 Å². The van der Waals surface area contributed by atoms with Gasteiger partial charge in [0.1, 0.15) is 5.70 Å². The number of aliphatic imine (C=N–C) groups is 1. The average Bonchev–Trinajstić information content (AvgIpc) is 3.08. The first-order valence-corrected chi connectivity index (χ1v) is 8.76. The highest BCUT2D eigenvalue weighted by atomic mass is 16.3. The number of hydrogen-bond acceptors (Lipinski definition) is 5. The van der Waals surface area contributed by atoms with E-state index in [1.165, 1.54) is 4.90 Å². The predicted molar refractivity (Wildman–Crippen MR) is 102 cm³/mol. The van der Waals surface area contributed by atoms with Crippen LogP contribution in [0.3, 0.4) is 0 Å². The summed E-state index contributed by atoms with van der Waals surface area (Å²) in [6, 6.07) is 5.71. The number of aliphatic hydroxyl groups excluding tert-OH is 1. The first kappa shape index (κ1) is 18.1. The number of likely N-dealkylation sites (N-methyl/N-ethyl adjacent to an activating group) is 1. The number of nitrogens with one attached hydrogen (secondary N) is 1. The third-order valence-electron chi connectivity index (χ3n) is 4.32. The summed E-state index contributed by atoms with van der Waals surface area (Å²) in [5.74, 6) is 0.743. The van der Waals surface area contributed by atoms with Crippen molar-refractivity contribution in [3.63, 3.8) is 0 Å². The van der Waals surface area contributed by atoms with Crippen LogP contribution in [0.1, 0.15) is 25.8 Å². The fourth-order valence-corrected chi connectivity index (χ4v) is 3.07. The Morgan fingerprint density at radius 3 is 2.77 bits per heavy atom. The Kier molecular flexibility index (Phi) is 5.08. The number of fused-ring (bicyclic) bond motifs is 1. The van der Waals surface area contributed by atoms with Gasteiger partial charge in [-0.25, -0.2) is 4.99 Å².